The number of anilines is 1. The molecule has 2 N–H and O–H groups in total. The molecule has 0 radical (unpaired) electrons. The van der Waals surface area contributed by atoms with Crippen LogP contribution in [0.1, 0.15) is 0 Å². The molecule has 3 rings (SSSR count). The molecule has 0 bridgehead atoms. The van der Waals surface area contributed by atoms with E-state index in [1.165, 1.54) is 0 Å². The van der Waals surface area contributed by atoms with E-state index in [0.717, 1.165) is 5.69 Å². The molecule has 0 aliphatic rings. The molecule has 3 aromatic rings. The van der Waals surface area contributed by atoms with E-state index in [9.17, 15) is 0 Å². The van der Waals surface area contributed by atoms with Gasteiger partial charge >= 0.3 is 0 Å². The fraction of sp³-hybridized carbons (Fsp3) is 0. The van der Waals surface area contributed by atoms with Gasteiger partial charge in [0.1, 0.15) is 5.69 Å². The first-order valence-corrected chi connectivity index (χ1v) is 5.43. The van der Waals surface area contributed by atoms with E-state index in [4.69, 9.17) is 10.2 Å². The standard InChI is InChI=1S/C13H10N4O/c14-13-16-10(9-4-1-2-6-15-9)8-11(17-13)12-5-3-7-18-12/h1-8H,(H2,14,16,17). The lowest BCUT2D eigenvalue weighted by Crippen LogP contribution is -1.98. The highest BCUT2D eigenvalue weighted by Gasteiger charge is 2.09. The predicted molar refractivity (Wildman–Crippen MR) is 67.4 cm³/mol. The van der Waals surface area contributed by atoms with Crippen LogP contribution in [0.2, 0.25) is 0 Å². The lowest BCUT2D eigenvalue weighted by atomic mass is 10.2. The van der Waals surface area contributed by atoms with E-state index in [1.54, 1.807) is 24.6 Å². The van der Waals surface area contributed by atoms with E-state index in [1.807, 2.05) is 24.3 Å². The summed E-state index contributed by atoms with van der Waals surface area (Å²) in [5.74, 6) is 0.853. The summed E-state index contributed by atoms with van der Waals surface area (Å²) in [6.07, 6.45) is 3.30. The van der Waals surface area contributed by atoms with Gasteiger partial charge in [0.2, 0.25) is 5.95 Å². The van der Waals surface area contributed by atoms with Crippen LogP contribution in [0.25, 0.3) is 22.8 Å². The molecule has 0 saturated heterocycles. The molecule has 88 valence electrons. The van der Waals surface area contributed by atoms with Crippen LogP contribution in [-0.2, 0) is 0 Å². The zero-order valence-electron chi connectivity index (χ0n) is 9.45. The second-order valence-electron chi connectivity index (χ2n) is 3.69. The Morgan fingerprint density at radius 2 is 1.83 bits per heavy atom. The molecule has 0 aliphatic heterocycles. The molecule has 5 nitrogen and oxygen atoms in total. The summed E-state index contributed by atoms with van der Waals surface area (Å²) >= 11 is 0. The zero-order chi connectivity index (χ0) is 12.4. The molecule has 0 aromatic carbocycles. The van der Waals surface area contributed by atoms with Crippen LogP contribution in [0.3, 0.4) is 0 Å². The minimum atomic E-state index is 0.199. The summed E-state index contributed by atoms with van der Waals surface area (Å²) in [6.45, 7) is 0. The Labute approximate surface area is 103 Å². The maximum atomic E-state index is 5.71. The van der Waals surface area contributed by atoms with Gasteiger partial charge in [0.25, 0.3) is 0 Å². The number of furan rings is 1. The lowest BCUT2D eigenvalue weighted by Gasteiger charge is -2.03. The van der Waals surface area contributed by atoms with Crippen LogP contribution in [0.5, 0.6) is 0 Å². The summed E-state index contributed by atoms with van der Waals surface area (Å²) < 4.78 is 5.30. The third-order valence-corrected chi connectivity index (χ3v) is 2.44. The number of nitrogens with two attached hydrogens (primary N) is 1. The van der Waals surface area contributed by atoms with Crippen molar-refractivity contribution < 1.29 is 4.42 Å². The molecule has 0 saturated carbocycles. The Morgan fingerprint density at radius 1 is 0.944 bits per heavy atom. The van der Waals surface area contributed by atoms with E-state index < -0.39 is 0 Å². The number of hydrogen-bond acceptors (Lipinski definition) is 5. The van der Waals surface area contributed by atoms with Crippen LogP contribution < -0.4 is 5.73 Å². The maximum Gasteiger partial charge on any atom is 0.221 e. The highest BCUT2D eigenvalue weighted by molar-refractivity contribution is 5.64. The highest BCUT2D eigenvalue weighted by Crippen LogP contribution is 2.23. The fourth-order valence-electron chi connectivity index (χ4n) is 1.66. The van der Waals surface area contributed by atoms with Crippen LogP contribution >= 0.6 is 0 Å². The highest BCUT2D eigenvalue weighted by atomic mass is 16.3. The summed E-state index contributed by atoms with van der Waals surface area (Å²) in [5.41, 5.74) is 7.78. The van der Waals surface area contributed by atoms with Gasteiger partial charge in [-0.25, -0.2) is 9.97 Å². The summed E-state index contributed by atoms with van der Waals surface area (Å²) in [7, 11) is 0. The normalized spacial score (nSPS) is 10.4. The van der Waals surface area contributed by atoms with Gasteiger partial charge in [-0.05, 0) is 30.3 Å². The number of nitrogen functional groups attached to an aromatic ring is 1. The summed E-state index contributed by atoms with van der Waals surface area (Å²) in [6, 6.07) is 11.0. The Bertz CT molecular complexity index is 650. The molecule has 0 unspecified atom stereocenters. The topological polar surface area (TPSA) is 77.8 Å². The molecule has 0 aliphatic carbocycles. The molecule has 0 atom stereocenters. The number of aromatic nitrogens is 3. The van der Waals surface area contributed by atoms with Gasteiger partial charge in [0.05, 0.1) is 17.7 Å². The molecular formula is C13H10N4O. The van der Waals surface area contributed by atoms with Crippen LogP contribution in [-0.4, -0.2) is 15.0 Å². The van der Waals surface area contributed by atoms with Gasteiger partial charge < -0.3 is 10.2 Å². The smallest absolute Gasteiger partial charge is 0.221 e. The van der Waals surface area contributed by atoms with Crippen molar-refractivity contribution in [1.29, 1.82) is 0 Å². The fourth-order valence-corrected chi connectivity index (χ4v) is 1.66. The van der Waals surface area contributed by atoms with Crippen molar-refractivity contribution in [2.75, 3.05) is 5.73 Å². The van der Waals surface area contributed by atoms with Crippen molar-refractivity contribution in [1.82, 2.24) is 15.0 Å². The first-order valence-electron chi connectivity index (χ1n) is 5.43. The minimum absolute atomic E-state index is 0.199. The van der Waals surface area contributed by atoms with E-state index in [2.05, 4.69) is 15.0 Å². The second-order valence-corrected chi connectivity index (χ2v) is 3.69. The van der Waals surface area contributed by atoms with Crippen molar-refractivity contribution >= 4 is 5.95 Å². The molecule has 3 heterocycles. The monoisotopic (exact) mass is 238 g/mol. The van der Waals surface area contributed by atoms with E-state index in [0.29, 0.717) is 17.1 Å². The number of nitrogens with zero attached hydrogens (tertiary/aromatic N) is 3. The second kappa shape index (κ2) is 4.29. The quantitative estimate of drug-likeness (QED) is 0.741. The van der Waals surface area contributed by atoms with Crippen LogP contribution in [0.4, 0.5) is 5.95 Å². The zero-order valence-corrected chi connectivity index (χ0v) is 9.45. The Kier molecular flexibility index (Phi) is 2.49. The number of pyridine rings is 1. The molecule has 0 spiro atoms. The summed E-state index contributed by atoms with van der Waals surface area (Å²) in [4.78, 5) is 12.6. The molecule has 0 fully saturated rings. The minimum Gasteiger partial charge on any atom is -0.463 e. The third kappa shape index (κ3) is 1.93. The Morgan fingerprint density at radius 3 is 2.56 bits per heavy atom. The average molecular weight is 238 g/mol. The van der Waals surface area contributed by atoms with Gasteiger partial charge in [-0.3, -0.25) is 4.98 Å². The molecule has 18 heavy (non-hydrogen) atoms. The molecule has 0 amide bonds. The number of hydrogen-bond donors (Lipinski definition) is 1. The first kappa shape index (κ1) is 10.5. The van der Waals surface area contributed by atoms with Crippen molar-refractivity contribution in [2.24, 2.45) is 0 Å². The Hall–Kier alpha value is -2.69. The predicted octanol–water partition coefficient (Wildman–Crippen LogP) is 2.38. The number of rotatable bonds is 2. The summed E-state index contributed by atoms with van der Waals surface area (Å²) in [5, 5.41) is 0. The third-order valence-electron chi connectivity index (χ3n) is 2.44. The van der Waals surface area contributed by atoms with Gasteiger partial charge in [-0.15, -0.1) is 0 Å². The van der Waals surface area contributed by atoms with E-state index in [-0.39, 0.29) is 5.95 Å². The van der Waals surface area contributed by atoms with Crippen molar-refractivity contribution in [3.8, 4) is 22.8 Å². The lowest BCUT2D eigenvalue weighted by molar-refractivity contribution is 0.580. The van der Waals surface area contributed by atoms with Crippen LogP contribution in [0, 0.1) is 0 Å². The van der Waals surface area contributed by atoms with Crippen LogP contribution in [0.15, 0.2) is 53.3 Å². The SMILES string of the molecule is Nc1nc(-c2ccccn2)cc(-c2ccco2)n1. The van der Waals surface area contributed by atoms with Crippen molar-refractivity contribution in [3.05, 3.63) is 48.9 Å². The first-order chi connectivity index (χ1) is 8.83. The van der Waals surface area contributed by atoms with Gasteiger partial charge in [-0.1, -0.05) is 6.07 Å². The van der Waals surface area contributed by atoms with Crippen molar-refractivity contribution in [3.63, 3.8) is 0 Å². The maximum absolute atomic E-state index is 5.71. The van der Waals surface area contributed by atoms with E-state index >= 15 is 0 Å². The molecule has 3 aromatic heterocycles. The van der Waals surface area contributed by atoms with Gasteiger partial charge in [0, 0.05) is 6.20 Å². The van der Waals surface area contributed by atoms with Crippen molar-refractivity contribution in [2.45, 2.75) is 0 Å². The Balaban J connectivity index is 2.12. The largest absolute Gasteiger partial charge is 0.463 e. The van der Waals surface area contributed by atoms with Gasteiger partial charge in [0.15, 0.2) is 5.76 Å². The molecular weight excluding hydrogens is 228 g/mol. The molecule has 5 heteroatoms. The van der Waals surface area contributed by atoms with Gasteiger partial charge in [-0.2, -0.15) is 0 Å². The average Bonchev–Trinajstić information content (AvgIpc) is 2.93.